The Bertz CT molecular complexity index is 251. The number of rotatable bonds is 4. The summed E-state index contributed by atoms with van der Waals surface area (Å²) in [4.78, 5) is 14.1. The second-order valence-electron chi connectivity index (χ2n) is 5.31. The second kappa shape index (κ2) is 6.36. The monoisotopic (exact) mass is 239 g/mol. The van der Waals surface area contributed by atoms with E-state index in [1.807, 2.05) is 0 Å². The lowest BCUT2D eigenvalue weighted by atomic mass is 9.96. The Morgan fingerprint density at radius 2 is 2.29 bits per heavy atom. The highest BCUT2D eigenvalue weighted by molar-refractivity contribution is 5.81. The highest BCUT2D eigenvalue weighted by atomic mass is 16.2. The van der Waals surface area contributed by atoms with Gasteiger partial charge in [-0.1, -0.05) is 0 Å². The molecule has 2 heterocycles. The van der Waals surface area contributed by atoms with Crippen LogP contribution in [-0.2, 0) is 4.79 Å². The predicted molar refractivity (Wildman–Crippen MR) is 68.9 cm³/mol. The third-order valence-electron chi connectivity index (χ3n) is 4.14. The molecule has 4 heteroatoms. The smallest absolute Gasteiger partial charge is 0.237 e. The van der Waals surface area contributed by atoms with Gasteiger partial charge in [0.05, 0.1) is 6.04 Å². The molecule has 1 amide bonds. The Kier molecular flexibility index (Phi) is 4.80. The number of carbonyl (C=O) groups is 1. The summed E-state index contributed by atoms with van der Waals surface area (Å²) in [6.07, 6.45) is 6.10. The fourth-order valence-corrected chi connectivity index (χ4v) is 3.08. The van der Waals surface area contributed by atoms with Gasteiger partial charge in [0.25, 0.3) is 0 Å². The maximum absolute atomic E-state index is 11.7. The SMILES string of the molecule is CNC(=O)C1CCCN1CCC1CCCNC1. The van der Waals surface area contributed by atoms with Crippen LogP contribution in [0, 0.1) is 5.92 Å². The van der Waals surface area contributed by atoms with Crippen molar-refractivity contribution in [2.24, 2.45) is 5.92 Å². The Hall–Kier alpha value is -0.610. The molecule has 0 aromatic carbocycles. The molecule has 0 aromatic rings. The molecule has 2 aliphatic rings. The van der Waals surface area contributed by atoms with Crippen molar-refractivity contribution in [2.45, 2.75) is 38.1 Å². The number of piperidine rings is 1. The van der Waals surface area contributed by atoms with E-state index in [-0.39, 0.29) is 11.9 Å². The molecular formula is C13H25N3O. The third kappa shape index (κ3) is 3.42. The zero-order valence-corrected chi connectivity index (χ0v) is 10.9. The number of likely N-dealkylation sites (tertiary alicyclic amines) is 1. The van der Waals surface area contributed by atoms with Gasteiger partial charge in [0.2, 0.25) is 5.91 Å². The van der Waals surface area contributed by atoms with E-state index < -0.39 is 0 Å². The van der Waals surface area contributed by atoms with E-state index in [1.54, 1.807) is 7.05 Å². The minimum Gasteiger partial charge on any atom is -0.358 e. The molecule has 2 fully saturated rings. The zero-order valence-electron chi connectivity index (χ0n) is 10.9. The minimum atomic E-state index is 0.136. The topological polar surface area (TPSA) is 44.4 Å². The summed E-state index contributed by atoms with van der Waals surface area (Å²) in [5.41, 5.74) is 0. The van der Waals surface area contributed by atoms with Crippen LogP contribution in [0.2, 0.25) is 0 Å². The van der Waals surface area contributed by atoms with E-state index in [0.717, 1.165) is 25.4 Å². The summed E-state index contributed by atoms with van der Waals surface area (Å²) in [5, 5.41) is 6.24. The van der Waals surface area contributed by atoms with Crippen molar-refractivity contribution in [3.63, 3.8) is 0 Å². The molecule has 0 spiro atoms. The normalized spacial score (nSPS) is 30.4. The molecule has 2 rings (SSSR count). The standard InChI is InChI=1S/C13H25N3O/c1-14-13(17)12-5-3-8-16(12)9-6-11-4-2-7-15-10-11/h11-12,15H,2-10H2,1H3,(H,14,17). The van der Waals surface area contributed by atoms with Crippen molar-refractivity contribution < 1.29 is 4.79 Å². The van der Waals surface area contributed by atoms with E-state index in [9.17, 15) is 4.79 Å². The summed E-state index contributed by atoms with van der Waals surface area (Å²) in [7, 11) is 1.74. The summed E-state index contributed by atoms with van der Waals surface area (Å²) in [6, 6.07) is 0.136. The summed E-state index contributed by atoms with van der Waals surface area (Å²) in [5.74, 6) is 1.01. The van der Waals surface area contributed by atoms with Crippen LogP contribution in [-0.4, -0.2) is 50.1 Å². The third-order valence-corrected chi connectivity index (χ3v) is 4.14. The Balaban J connectivity index is 1.75. The highest BCUT2D eigenvalue weighted by Gasteiger charge is 2.30. The minimum absolute atomic E-state index is 0.136. The van der Waals surface area contributed by atoms with Crippen molar-refractivity contribution >= 4 is 5.91 Å². The van der Waals surface area contributed by atoms with Gasteiger partial charge in [-0.2, -0.15) is 0 Å². The molecular weight excluding hydrogens is 214 g/mol. The summed E-state index contributed by atoms with van der Waals surface area (Å²) >= 11 is 0. The Morgan fingerprint density at radius 1 is 1.41 bits per heavy atom. The van der Waals surface area contributed by atoms with Crippen LogP contribution < -0.4 is 10.6 Å². The van der Waals surface area contributed by atoms with Crippen LogP contribution in [0.1, 0.15) is 32.1 Å². The van der Waals surface area contributed by atoms with E-state index >= 15 is 0 Å². The first-order chi connectivity index (χ1) is 8.31. The average molecular weight is 239 g/mol. The average Bonchev–Trinajstić information content (AvgIpc) is 2.85. The molecule has 0 saturated carbocycles. The molecule has 2 aliphatic heterocycles. The number of hydrogen-bond donors (Lipinski definition) is 2. The van der Waals surface area contributed by atoms with Crippen LogP contribution in [0.5, 0.6) is 0 Å². The van der Waals surface area contributed by atoms with Crippen LogP contribution in [0.15, 0.2) is 0 Å². The number of nitrogens with one attached hydrogen (secondary N) is 2. The first-order valence-corrected chi connectivity index (χ1v) is 6.97. The van der Waals surface area contributed by atoms with Gasteiger partial charge < -0.3 is 10.6 Å². The van der Waals surface area contributed by atoms with Crippen LogP contribution in [0.4, 0.5) is 0 Å². The molecule has 0 radical (unpaired) electrons. The van der Waals surface area contributed by atoms with Crippen LogP contribution in [0.3, 0.4) is 0 Å². The van der Waals surface area contributed by atoms with Crippen LogP contribution in [0.25, 0.3) is 0 Å². The maximum atomic E-state index is 11.7. The predicted octanol–water partition coefficient (Wildman–Crippen LogP) is 0.587. The van der Waals surface area contributed by atoms with Crippen molar-refractivity contribution in [2.75, 3.05) is 33.2 Å². The number of nitrogens with zero attached hydrogens (tertiary/aromatic N) is 1. The molecule has 17 heavy (non-hydrogen) atoms. The van der Waals surface area contributed by atoms with E-state index in [2.05, 4.69) is 15.5 Å². The number of hydrogen-bond acceptors (Lipinski definition) is 3. The summed E-state index contributed by atoms with van der Waals surface area (Å²) in [6.45, 7) is 4.53. The highest BCUT2D eigenvalue weighted by Crippen LogP contribution is 2.20. The molecule has 0 bridgehead atoms. The van der Waals surface area contributed by atoms with E-state index in [0.29, 0.717) is 0 Å². The zero-order chi connectivity index (χ0) is 12.1. The Labute approximate surface area is 104 Å². The lowest BCUT2D eigenvalue weighted by Crippen LogP contribution is -2.43. The molecule has 0 aromatic heterocycles. The van der Waals surface area contributed by atoms with Gasteiger partial charge in [-0.15, -0.1) is 0 Å². The fourth-order valence-electron chi connectivity index (χ4n) is 3.08. The lowest BCUT2D eigenvalue weighted by Gasteiger charge is -2.27. The number of amides is 1. The molecule has 2 atom stereocenters. The van der Waals surface area contributed by atoms with Gasteiger partial charge in [-0.3, -0.25) is 9.69 Å². The summed E-state index contributed by atoms with van der Waals surface area (Å²) < 4.78 is 0. The molecule has 4 nitrogen and oxygen atoms in total. The van der Waals surface area contributed by atoms with Gasteiger partial charge in [0, 0.05) is 7.05 Å². The Morgan fingerprint density at radius 3 is 3.00 bits per heavy atom. The van der Waals surface area contributed by atoms with Gasteiger partial charge in [-0.25, -0.2) is 0 Å². The van der Waals surface area contributed by atoms with Gasteiger partial charge in [0.1, 0.15) is 0 Å². The largest absolute Gasteiger partial charge is 0.358 e. The molecule has 2 N–H and O–H groups in total. The molecule has 0 aliphatic carbocycles. The van der Waals surface area contributed by atoms with Crippen molar-refractivity contribution in [1.29, 1.82) is 0 Å². The number of carbonyl (C=O) groups excluding carboxylic acids is 1. The lowest BCUT2D eigenvalue weighted by molar-refractivity contribution is -0.125. The maximum Gasteiger partial charge on any atom is 0.237 e. The quantitative estimate of drug-likeness (QED) is 0.754. The van der Waals surface area contributed by atoms with E-state index in [1.165, 1.54) is 38.8 Å². The van der Waals surface area contributed by atoms with Gasteiger partial charge >= 0.3 is 0 Å². The van der Waals surface area contributed by atoms with Crippen molar-refractivity contribution in [3.05, 3.63) is 0 Å². The molecule has 98 valence electrons. The van der Waals surface area contributed by atoms with Crippen LogP contribution >= 0.6 is 0 Å². The van der Waals surface area contributed by atoms with Gasteiger partial charge in [0.15, 0.2) is 0 Å². The van der Waals surface area contributed by atoms with Crippen molar-refractivity contribution in [1.82, 2.24) is 15.5 Å². The first kappa shape index (κ1) is 12.8. The second-order valence-corrected chi connectivity index (χ2v) is 5.31. The van der Waals surface area contributed by atoms with E-state index in [4.69, 9.17) is 0 Å². The van der Waals surface area contributed by atoms with Crippen molar-refractivity contribution in [3.8, 4) is 0 Å². The fraction of sp³-hybridized carbons (Fsp3) is 0.923. The molecule has 2 saturated heterocycles. The molecule has 2 unspecified atom stereocenters. The first-order valence-electron chi connectivity index (χ1n) is 6.97. The number of likely N-dealkylation sites (N-methyl/N-ethyl adjacent to an activating group) is 1. The van der Waals surface area contributed by atoms with Gasteiger partial charge in [-0.05, 0) is 64.2 Å².